The molecule has 1 fully saturated rings. The van der Waals surface area contributed by atoms with Crippen molar-refractivity contribution in [2.75, 3.05) is 24.5 Å². The zero-order valence-corrected chi connectivity index (χ0v) is 18.1. The minimum absolute atomic E-state index is 0.0702. The van der Waals surface area contributed by atoms with Gasteiger partial charge in [-0.05, 0) is 50.3 Å². The number of carbonyl (C=O) groups excluding carboxylic acids is 1. The highest BCUT2D eigenvalue weighted by Gasteiger charge is 2.29. The van der Waals surface area contributed by atoms with Gasteiger partial charge in [-0.3, -0.25) is 4.79 Å². The molecule has 0 saturated carbocycles. The molecule has 1 atom stereocenters. The van der Waals surface area contributed by atoms with Crippen molar-refractivity contribution in [3.63, 3.8) is 0 Å². The first-order chi connectivity index (χ1) is 14.5. The van der Waals surface area contributed by atoms with Crippen LogP contribution >= 0.6 is 11.6 Å². The fourth-order valence-corrected chi connectivity index (χ4v) is 4.10. The number of halogens is 1. The topological polar surface area (TPSA) is 84.2 Å². The average molecular weight is 428 g/mol. The van der Waals surface area contributed by atoms with Crippen LogP contribution < -0.4 is 10.2 Å². The number of piperidine rings is 1. The Labute approximate surface area is 180 Å². The van der Waals surface area contributed by atoms with Gasteiger partial charge in [-0.15, -0.1) is 0 Å². The molecule has 4 rings (SSSR count). The largest absolute Gasteiger partial charge is 0.355 e. The van der Waals surface area contributed by atoms with Crippen molar-refractivity contribution in [2.45, 2.75) is 39.5 Å². The molecule has 3 heterocycles. The molecule has 3 aromatic rings. The molecular formula is C22H26ClN5O2. The molecule has 0 spiro atoms. The van der Waals surface area contributed by atoms with E-state index in [0.29, 0.717) is 24.6 Å². The van der Waals surface area contributed by atoms with E-state index in [0.717, 1.165) is 59.7 Å². The molecule has 1 N–H and O–H groups in total. The van der Waals surface area contributed by atoms with Crippen molar-refractivity contribution in [3.05, 3.63) is 46.4 Å². The summed E-state index contributed by atoms with van der Waals surface area (Å²) >= 11 is 5.93. The summed E-state index contributed by atoms with van der Waals surface area (Å²) in [5, 5.41) is 8.83. The molecule has 1 aromatic carbocycles. The third kappa shape index (κ3) is 4.41. The molecular weight excluding hydrogens is 402 g/mol. The second-order valence-electron chi connectivity index (χ2n) is 7.71. The van der Waals surface area contributed by atoms with Crippen LogP contribution in [0.25, 0.3) is 11.1 Å². The number of anilines is 1. The fourth-order valence-electron chi connectivity index (χ4n) is 3.97. The summed E-state index contributed by atoms with van der Waals surface area (Å²) in [7, 11) is 0. The lowest BCUT2D eigenvalue weighted by Crippen LogP contribution is -2.44. The molecule has 30 heavy (non-hydrogen) atoms. The van der Waals surface area contributed by atoms with E-state index in [9.17, 15) is 4.79 Å². The van der Waals surface area contributed by atoms with Crippen LogP contribution in [0, 0.1) is 12.8 Å². The SMILES string of the molecule is CCc1noc2nc(C)nc(N3CCCC(C(=O)NCCc4ccc(Cl)cc4)C3)c12. The van der Waals surface area contributed by atoms with Gasteiger partial charge < -0.3 is 14.7 Å². The molecule has 1 unspecified atom stereocenters. The summed E-state index contributed by atoms with van der Waals surface area (Å²) in [4.78, 5) is 24.0. The molecule has 158 valence electrons. The van der Waals surface area contributed by atoms with Crippen LogP contribution in [0.3, 0.4) is 0 Å². The van der Waals surface area contributed by atoms with E-state index in [4.69, 9.17) is 16.1 Å². The van der Waals surface area contributed by atoms with Crippen LogP contribution in [-0.4, -0.2) is 40.7 Å². The van der Waals surface area contributed by atoms with Gasteiger partial charge in [0.2, 0.25) is 5.91 Å². The summed E-state index contributed by atoms with van der Waals surface area (Å²) < 4.78 is 5.41. The van der Waals surface area contributed by atoms with Crippen molar-refractivity contribution >= 4 is 34.4 Å². The Morgan fingerprint density at radius 1 is 1.30 bits per heavy atom. The minimum Gasteiger partial charge on any atom is -0.355 e. The smallest absolute Gasteiger partial charge is 0.263 e. The van der Waals surface area contributed by atoms with Gasteiger partial charge in [-0.2, -0.15) is 4.98 Å². The number of nitrogens with zero attached hydrogens (tertiary/aromatic N) is 4. The van der Waals surface area contributed by atoms with Crippen molar-refractivity contribution in [2.24, 2.45) is 5.92 Å². The van der Waals surface area contributed by atoms with E-state index in [-0.39, 0.29) is 11.8 Å². The van der Waals surface area contributed by atoms with Gasteiger partial charge in [0.1, 0.15) is 17.0 Å². The number of benzene rings is 1. The Morgan fingerprint density at radius 3 is 2.87 bits per heavy atom. The number of fused-ring (bicyclic) bond motifs is 1. The number of aromatic nitrogens is 3. The summed E-state index contributed by atoms with van der Waals surface area (Å²) in [5.41, 5.74) is 2.53. The number of rotatable bonds is 6. The summed E-state index contributed by atoms with van der Waals surface area (Å²) in [6, 6.07) is 7.72. The quantitative estimate of drug-likeness (QED) is 0.645. The molecule has 1 amide bonds. The second kappa shape index (κ2) is 9.00. The number of hydrogen-bond donors (Lipinski definition) is 1. The van der Waals surface area contributed by atoms with Crippen molar-refractivity contribution in [1.29, 1.82) is 0 Å². The van der Waals surface area contributed by atoms with Crippen molar-refractivity contribution < 1.29 is 9.32 Å². The van der Waals surface area contributed by atoms with Crippen LogP contribution in [0.4, 0.5) is 5.82 Å². The predicted molar refractivity (Wildman–Crippen MR) is 117 cm³/mol. The maximum atomic E-state index is 12.8. The number of hydrogen-bond acceptors (Lipinski definition) is 6. The van der Waals surface area contributed by atoms with Gasteiger partial charge in [-0.1, -0.05) is 35.8 Å². The molecule has 0 bridgehead atoms. The Balaban J connectivity index is 1.43. The lowest BCUT2D eigenvalue weighted by atomic mass is 9.96. The normalized spacial score (nSPS) is 16.8. The van der Waals surface area contributed by atoms with Gasteiger partial charge in [-0.25, -0.2) is 4.98 Å². The second-order valence-corrected chi connectivity index (χ2v) is 8.15. The number of aryl methyl sites for hydroxylation is 2. The van der Waals surface area contributed by atoms with Gasteiger partial charge in [0.15, 0.2) is 0 Å². The lowest BCUT2D eigenvalue weighted by Gasteiger charge is -2.33. The number of amides is 1. The molecule has 7 nitrogen and oxygen atoms in total. The Kier molecular flexibility index (Phi) is 6.18. The number of carbonyl (C=O) groups is 1. The zero-order chi connectivity index (χ0) is 21.1. The fraction of sp³-hybridized carbons (Fsp3) is 0.455. The molecule has 0 radical (unpaired) electrons. The summed E-state index contributed by atoms with van der Waals surface area (Å²) in [5.74, 6) is 1.50. The third-order valence-electron chi connectivity index (χ3n) is 5.55. The van der Waals surface area contributed by atoms with Gasteiger partial charge >= 0.3 is 0 Å². The molecule has 1 aliphatic rings. The monoisotopic (exact) mass is 427 g/mol. The highest BCUT2D eigenvalue weighted by Crippen LogP contribution is 2.30. The first kappa shape index (κ1) is 20.6. The molecule has 1 saturated heterocycles. The molecule has 1 aliphatic heterocycles. The Morgan fingerprint density at radius 2 is 2.10 bits per heavy atom. The molecule has 8 heteroatoms. The van der Waals surface area contributed by atoms with Gasteiger partial charge in [0, 0.05) is 24.7 Å². The first-order valence-corrected chi connectivity index (χ1v) is 10.8. The van der Waals surface area contributed by atoms with E-state index in [2.05, 4.69) is 25.3 Å². The lowest BCUT2D eigenvalue weighted by molar-refractivity contribution is -0.125. The van der Waals surface area contributed by atoms with Crippen LogP contribution in [0.1, 0.15) is 36.8 Å². The standard InChI is InChI=1S/C22H26ClN5O2/c1-3-18-19-20(25-14(2)26-22(19)30-27-18)28-12-4-5-16(13-28)21(29)24-11-10-15-6-8-17(23)9-7-15/h6-9,16H,3-5,10-13H2,1-2H3,(H,24,29). The highest BCUT2D eigenvalue weighted by molar-refractivity contribution is 6.30. The maximum absolute atomic E-state index is 12.8. The average Bonchev–Trinajstić information content (AvgIpc) is 3.17. The molecule has 0 aliphatic carbocycles. The summed E-state index contributed by atoms with van der Waals surface area (Å²) in [6.45, 7) is 5.98. The van der Waals surface area contributed by atoms with E-state index >= 15 is 0 Å². The highest BCUT2D eigenvalue weighted by atomic mass is 35.5. The van der Waals surface area contributed by atoms with Crippen LogP contribution in [0.5, 0.6) is 0 Å². The minimum atomic E-state index is -0.0702. The van der Waals surface area contributed by atoms with Crippen LogP contribution in [0.15, 0.2) is 28.8 Å². The maximum Gasteiger partial charge on any atom is 0.263 e. The Hall–Kier alpha value is -2.67. The Bertz CT molecular complexity index is 1030. The zero-order valence-electron chi connectivity index (χ0n) is 17.3. The van der Waals surface area contributed by atoms with Crippen molar-refractivity contribution in [3.8, 4) is 0 Å². The molecule has 2 aromatic heterocycles. The third-order valence-corrected chi connectivity index (χ3v) is 5.80. The van der Waals surface area contributed by atoms with Crippen LogP contribution in [-0.2, 0) is 17.6 Å². The van der Waals surface area contributed by atoms with Crippen LogP contribution in [0.2, 0.25) is 5.02 Å². The first-order valence-electron chi connectivity index (χ1n) is 10.4. The van der Waals surface area contributed by atoms with E-state index < -0.39 is 0 Å². The van der Waals surface area contributed by atoms with Gasteiger partial charge in [0.25, 0.3) is 5.71 Å². The summed E-state index contributed by atoms with van der Waals surface area (Å²) in [6.07, 6.45) is 3.34. The van der Waals surface area contributed by atoms with E-state index in [1.165, 1.54) is 0 Å². The van der Waals surface area contributed by atoms with Gasteiger partial charge in [0.05, 0.1) is 11.6 Å². The van der Waals surface area contributed by atoms with E-state index in [1.54, 1.807) is 0 Å². The number of nitrogens with one attached hydrogen (secondary N) is 1. The van der Waals surface area contributed by atoms with Crippen molar-refractivity contribution in [1.82, 2.24) is 20.4 Å². The van der Waals surface area contributed by atoms with E-state index in [1.807, 2.05) is 38.1 Å². The predicted octanol–water partition coefficient (Wildman–Crippen LogP) is 3.72.